The van der Waals surface area contributed by atoms with Gasteiger partial charge in [0.25, 0.3) is 0 Å². The molecule has 0 unspecified atom stereocenters. The standard InChI is InChI=1S/C12H19N3O/c1-12(2)5-3-10(4-6-12)15-11(13)9(8-16)7-14-15/h7-8,10H,3-6,13H2,1-2H3. The molecule has 1 aromatic rings. The molecule has 0 radical (unpaired) electrons. The van der Waals surface area contributed by atoms with Crippen LogP contribution in [0.1, 0.15) is 55.9 Å². The van der Waals surface area contributed by atoms with Crippen molar-refractivity contribution < 1.29 is 4.79 Å². The van der Waals surface area contributed by atoms with Crippen molar-refractivity contribution in [2.45, 2.75) is 45.6 Å². The fourth-order valence-corrected chi connectivity index (χ4v) is 2.40. The van der Waals surface area contributed by atoms with Crippen LogP contribution in [0.3, 0.4) is 0 Å². The molecule has 0 spiro atoms. The Balaban J connectivity index is 2.14. The molecule has 2 N–H and O–H groups in total. The lowest BCUT2D eigenvalue weighted by atomic mass is 9.75. The Morgan fingerprint density at radius 2 is 2.12 bits per heavy atom. The van der Waals surface area contributed by atoms with Crippen molar-refractivity contribution in [3.05, 3.63) is 11.8 Å². The molecule has 16 heavy (non-hydrogen) atoms. The first kappa shape index (κ1) is 11.2. The highest BCUT2D eigenvalue weighted by molar-refractivity contribution is 5.81. The van der Waals surface area contributed by atoms with Gasteiger partial charge in [0.1, 0.15) is 5.82 Å². The third-order valence-electron chi connectivity index (χ3n) is 3.65. The van der Waals surface area contributed by atoms with Gasteiger partial charge in [0, 0.05) is 0 Å². The molecule has 0 aromatic carbocycles. The number of nitrogen functional groups attached to an aromatic ring is 1. The lowest BCUT2D eigenvalue weighted by Gasteiger charge is -2.34. The van der Waals surface area contributed by atoms with Crippen LogP contribution in [0.25, 0.3) is 0 Å². The Hall–Kier alpha value is -1.32. The van der Waals surface area contributed by atoms with Crippen LogP contribution in [0.15, 0.2) is 6.20 Å². The minimum atomic E-state index is 0.363. The second-order valence-corrected chi connectivity index (χ2v) is 5.44. The summed E-state index contributed by atoms with van der Waals surface area (Å²) >= 11 is 0. The van der Waals surface area contributed by atoms with Crippen LogP contribution in [-0.2, 0) is 0 Å². The van der Waals surface area contributed by atoms with E-state index in [9.17, 15) is 4.79 Å². The topological polar surface area (TPSA) is 60.9 Å². The highest BCUT2D eigenvalue weighted by Crippen LogP contribution is 2.40. The van der Waals surface area contributed by atoms with Gasteiger partial charge in [0.15, 0.2) is 6.29 Å². The molecule has 4 nitrogen and oxygen atoms in total. The zero-order chi connectivity index (χ0) is 11.8. The van der Waals surface area contributed by atoms with Crippen LogP contribution in [-0.4, -0.2) is 16.1 Å². The zero-order valence-corrected chi connectivity index (χ0v) is 9.94. The normalized spacial score (nSPS) is 20.9. The summed E-state index contributed by atoms with van der Waals surface area (Å²) in [5.74, 6) is 0.514. The molecule has 1 aliphatic rings. The predicted octanol–water partition coefficient (Wildman–Crippen LogP) is 2.42. The highest BCUT2D eigenvalue weighted by atomic mass is 16.1. The molecule has 0 amide bonds. The first-order valence-corrected chi connectivity index (χ1v) is 5.82. The van der Waals surface area contributed by atoms with Crippen LogP contribution in [0, 0.1) is 5.41 Å². The fourth-order valence-electron chi connectivity index (χ4n) is 2.40. The van der Waals surface area contributed by atoms with E-state index in [4.69, 9.17) is 5.73 Å². The SMILES string of the molecule is CC1(C)CCC(n2ncc(C=O)c2N)CC1. The molecule has 1 saturated carbocycles. The first-order chi connectivity index (χ1) is 7.53. The molecule has 88 valence electrons. The van der Waals surface area contributed by atoms with Crippen LogP contribution in [0.5, 0.6) is 0 Å². The van der Waals surface area contributed by atoms with Crippen molar-refractivity contribution in [3.8, 4) is 0 Å². The Bertz CT molecular complexity index is 385. The quantitative estimate of drug-likeness (QED) is 0.780. The Labute approximate surface area is 95.8 Å². The molecular weight excluding hydrogens is 202 g/mol. The largest absolute Gasteiger partial charge is 0.383 e. The van der Waals surface area contributed by atoms with Gasteiger partial charge in [0.05, 0.1) is 17.8 Å². The van der Waals surface area contributed by atoms with E-state index < -0.39 is 0 Å². The maximum atomic E-state index is 10.7. The van der Waals surface area contributed by atoms with E-state index in [1.54, 1.807) is 6.20 Å². The summed E-state index contributed by atoms with van der Waals surface area (Å²) in [5.41, 5.74) is 6.82. The van der Waals surface area contributed by atoms with Crippen molar-refractivity contribution in [2.24, 2.45) is 5.41 Å². The van der Waals surface area contributed by atoms with E-state index in [0.717, 1.165) is 19.1 Å². The first-order valence-electron chi connectivity index (χ1n) is 5.82. The van der Waals surface area contributed by atoms with Gasteiger partial charge in [-0.1, -0.05) is 13.8 Å². The molecule has 0 aliphatic heterocycles. The van der Waals surface area contributed by atoms with E-state index in [0.29, 0.717) is 22.8 Å². The number of aromatic nitrogens is 2. The van der Waals surface area contributed by atoms with Crippen LogP contribution in [0.2, 0.25) is 0 Å². The van der Waals surface area contributed by atoms with E-state index in [-0.39, 0.29) is 0 Å². The molecule has 1 aliphatic carbocycles. The van der Waals surface area contributed by atoms with Crippen molar-refractivity contribution in [3.63, 3.8) is 0 Å². The molecule has 0 bridgehead atoms. The van der Waals surface area contributed by atoms with Gasteiger partial charge in [-0.15, -0.1) is 0 Å². The maximum absolute atomic E-state index is 10.7. The number of hydrogen-bond acceptors (Lipinski definition) is 3. The van der Waals surface area contributed by atoms with Gasteiger partial charge in [-0.2, -0.15) is 5.10 Å². The zero-order valence-electron chi connectivity index (χ0n) is 9.94. The minimum Gasteiger partial charge on any atom is -0.383 e. The van der Waals surface area contributed by atoms with E-state index in [1.807, 2.05) is 4.68 Å². The number of nitrogens with zero attached hydrogens (tertiary/aromatic N) is 2. The molecule has 2 rings (SSSR count). The van der Waals surface area contributed by atoms with E-state index >= 15 is 0 Å². The van der Waals surface area contributed by atoms with E-state index in [2.05, 4.69) is 18.9 Å². The van der Waals surface area contributed by atoms with Crippen LogP contribution in [0.4, 0.5) is 5.82 Å². The Kier molecular flexibility index (Phi) is 2.74. The second kappa shape index (κ2) is 3.92. The van der Waals surface area contributed by atoms with Crippen LogP contribution < -0.4 is 5.73 Å². The summed E-state index contributed by atoms with van der Waals surface area (Å²) in [7, 11) is 0. The Morgan fingerprint density at radius 3 is 2.62 bits per heavy atom. The number of nitrogens with two attached hydrogens (primary N) is 1. The summed E-state index contributed by atoms with van der Waals surface area (Å²) in [5, 5.41) is 4.22. The predicted molar refractivity (Wildman–Crippen MR) is 63.3 cm³/mol. The number of hydrogen-bond donors (Lipinski definition) is 1. The smallest absolute Gasteiger partial charge is 0.155 e. The van der Waals surface area contributed by atoms with Gasteiger partial charge in [-0.05, 0) is 31.1 Å². The van der Waals surface area contributed by atoms with Gasteiger partial charge in [-0.3, -0.25) is 4.79 Å². The average Bonchev–Trinajstić information content (AvgIpc) is 2.60. The van der Waals surface area contributed by atoms with E-state index in [1.165, 1.54) is 12.8 Å². The number of aldehydes is 1. The molecule has 1 fully saturated rings. The molecule has 0 atom stereocenters. The van der Waals surface area contributed by atoms with Gasteiger partial charge in [-0.25, -0.2) is 4.68 Å². The molecular formula is C12H19N3O. The van der Waals surface area contributed by atoms with Crippen molar-refractivity contribution in [1.29, 1.82) is 0 Å². The summed E-state index contributed by atoms with van der Waals surface area (Å²) < 4.78 is 1.82. The molecule has 0 saturated heterocycles. The molecule has 1 heterocycles. The van der Waals surface area contributed by atoms with Gasteiger partial charge in [0.2, 0.25) is 0 Å². The minimum absolute atomic E-state index is 0.363. The van der Waals surface area contributed by atoms with Gasteiger partial charge < -0.3 is 5.73 Å². The molecule has 4 heteroatoms. The number of anilines is 1. The highest BCUT2D eigenvalue weighted by Gasteiger charge is 2.29. The van der Waals surface area contributed by atoms with Crippen molar-refractivity contribution in [2.75, 3.05) is 5.73 Å². The lowest BCUT2D eigenvalue weighted by Crippen LogP contribution is -2.24. The summed E-state index contributed by atoms with van der Waals surface area (Å²) in [6, 6.07) is 0.363. The third-order valence-corrected chi connectivity index (χ3v) is 3.65. The maximum Gasteiger partial charge on any atom is 0.155 e. The monoisotopic (exact) mass is 221 g/mol. The second-order valence-electron chi connectivity index (χ2n) is 5.44. The summed E-state index contributed by atoms with van der Waals surface area (Å²) in [6.45, 7) is 4.60. The third kappa shape index (κ3) is 1.96. The fraction of sp³-hybridized carbons (Fsp3) is 0.667. The number of rotatable bonds is 2. The molecule has 1 aromatic heterocycles. The summed E-state index contributed by atoms with van der Waals surface area (Å²) in [4.78, 5) is 10.7. The van der Waals surface area contributed by atoms with Crippen LogP contribution >= 0.6 is 0 Å². The van der Waals surface area contributed by atoms with Crippen molar-refractivity contribution in [1.82, 2.24) is 9.78 Å². The lowest BCUT2D eigenvalue weighted by molar-refractivity contribution is 0.112. The van der Waals surface area contributed by atoms with Crippen molar-refractivity contribution >= 4 is 12.1 Å². The summed E-state index contributed by atoms with van der Waals surface area (Å²) in [6.07, 6.45) is 6.89. The number of carbonyl (C=O) groups excluding carboxylic acids is 1. The Morgan fingerprint density at radius 1 is 1.50 bits per heavy atom. The van der Waals surface area contributed by atoms with Gasteiger partial charge >= 0.3 is 0 Å². The number of carbonyl (C=O) groups is 1. The average molecular weight is 221 g/mol.